The molecule has 104 valence electrons. The van der Waals surface area contributed by atoms with Gasteiger partial charge in [0.15, 0.2) is 0 Å². The molecule has 2 aromatic rings. The second-order valence-corrected chi connectivity index (χ2v) is 5.90. The summed E-state index contributed by atoms with van der Waals surface area (Å²) in [6.45, 7) is 0.632. The molecule has 0 unspecified atom stereocenters. The summed E-state index contributed by atoms with van der Waals surface area (Å²) in [7, 11) is 0. The molecular formula is C16H17NO2S. The topological polar surface area (TPSA) is 40.5 Å². The standard InChI is InChI=1S/C16H17NO2S/c18-15-6-8-17(16(19)13-7-9-20-11-13)14(15)10-12-4-2-1-3-5-12/h1-5,7,9,11,14-15,18H,6,8,10H2/t14-,15-/m0/s1. The lowest BCUT2D eigenvalue weighted by molar-refractivity contribution is 0.0640. The second-order valence-electron chi connectivity index (χ2n) is 5.12. The van der Waals surface area contributed by atoms with Crippen molar-refractivity contribution in [1.29, 1.82) is 0 Å². The van der Waals surface area contributed by atoms with E-state index in [-0.39, 0.29) is 11.9 Å². The Hall–Kier alpha value is -1.65. The monoisotopic (exact) mass is 287 g/mol. The molecule has 1 aliphatic heterocycles. The summed E-state index contributed by atoms with van der Waals surface area (Å²) >= 11 is 1.52. The van der Waals surface area contributed by atoms with Gasteiger partial charge in [-0.15, -0.1) is 0 Å². The summed E-state index contributed by atoms with van der Waals surface area (Å²) in [5.41, 5.74) is 1.88. The number of thiophene rings is 1. The van der Waals surface area contributed by atoms with Crippen molar-refractivity contribution in [3.05, 3.63) is 58.3 Å². The normalized spacial score (nSPS) is 22.1. The molecule has 0 aliphatic carbocycles. The van der Waals surface area contributed by atoms with E-state index in [0.717, 1.165) is 11.1 Å². The first kappa shape index (κ1) is 13.3. The van der Waals surface area contributed by atoms with E-state index >= 15 is 0 Å². The molecule has 1 N–H and O–H groups in total. The van der Waals surface area contributed by atoms with E-state index in [0.29, 0.717) is 19.4 Å². The Morgan fingerprint density at radius 3 is 2.80 bits per heavy atom. The first-order chi connectivity index (χ1) is 9.75. The van der Waals surface area contributed by atoms with Crippen LogP contribution in [-0.4, -0.2) is 34.6 Å². The van der Waals surface area contributed by atoms with Gasteiger partial charge >= 0.3 is 0 Å². The summed E-state index contributed by atoms with van der Waals surface area (Å²) in [6.07, 6.45) is 0.934. The average Bonchev–Trinajstić information content (AvgIpc) is 3.11. The maximum Gasteiger partial charge on any atom is 0.255 e. The zero-order valence-electron chi connectivity index (χ0n) is 11.1. The molecule has 3 rings (SSSR count). The summed E-state index contributed by atoms with van der Waals surface area (Å²) in [6, 6.07) is 11.8. The molecule has 1 aromatic heterocycles. The first-order valence-electron chi connectivity index (χ1n) is 6.81. The second kappa shape index (κ2) is 5.77. The number of benzene rings is 1. The number of nitrogens with zero attached hydrogens (tertiary/aromatic N) is 1. The highest BCUT2D eigenvalue weighted by Crippen LogP contribution is 2.24. The molecule has 1 saturated heterocycles. The van der Waals surface area contributed by atoms with Gasteiger partial charge in [-0.1, -0.05) is 30.3 Å². The third-order valence-corrected chi connectivity index (χ3v) is 4.51. The van der Waals surface area contributed by atoms with Crippen molar-refractivity contribution >= 4 is 17.2 Å². The molecule has 1 amide bonds. The molecule has 2 atom stereocenters. The number of amides is 1. The molecule has 0 saturated carbocycles. The van der Waals surface area contributed by atoms with Crippen LogP contribution in [0.5, 0.6) is 0 Å². The van der Waals surface area contributed by atoms with Crippen molar-refractivity contribution in [2.24, 2.45) is 0 Å². The largest absolute Gasteiger partial charge is 0.391 e. The third kappa shape index (κ3) is 2.62. The highest BCUT2D eigenvalue weighted by atomic mass is 32.1. The Balaban J connectivity index is 1.78. The Bertz CT molecular complexity index is 567. The highest BCUT2D eigenvalue weighted by Gasteiger charge is 2.36. The van der Waals surface area contributed by atoms with Gasteiger partial charge in [-0.2, -0.15) is 11.3 Å². The molecule has 0 spiro atoms. The lowest BCUT2D eigenvalue weighted by Gasteiger charge is -2.26. The fourth-order valence-electron chi connectivity index (χ4n) is 2.74. The number of carbonyl (C=O) groups excluding carboxylic acids is 1. The number of rotatable bonds is 3. The van der Waals surface area contributed by atoms with E-state index in [4.69, 9.17) is 0 Å². The Morgan fingerprint density at radius 1 is 1.30 bits per heavy atom. The number of hydrogen-bond donors (Lipinski definition) is 1. The van der Waals surface area contributed by atoms with E-state index in [2.05, 4.69) is 0 Å². The van der Waals surface area contributed by atoms with Crippen molar-refractivity contribution < 1.29 is 9.90 Å². The van der Waals surface area contributed by atoms with Gasteiger partial charge in [-0.05, 0) is 29.9 Å². The summed E-state index contributed by atoms with van der Waals surface area (Å²) in [4.78, 5) is 14.3. The highest BCUT2D eigenvalue weighted by molar-refractivity contribution is 7.08. The predicted molar refractivity (Wildman–Crippen MR) is 79.9 cm³/mol. The van der Waals surface area contributed by atoms with Gasteiger partial charge < -0.3 is 10.0 Å². The molecule has 1 aliphatic rings. The van der Waals surface area contributed by atoms with E-state index < -0.39 is 6.10 Å². The molecule has 3 nitrogen and oxygen atoms in total. The van der Waals surface area contributed by atoms with Crippen molar-refractivity contribution in [1.82, 2.24) is 4.90 Å². The van der Waals surface area contributed by atoms with Gasteiger partial charge in [0, 0.05) is 11.9 Å². The van der Waals surface area contributed by atoms with Crippen molar-refractivity contribution in [3.8, 4) is 0 Å². The minimum absolute atomic E-state index is 0.0312. The number of carbonyl (C=O) groups is 1. The van der Waals surface area contributed by atoms with Gasteiger partial charge in [-0.3, -0.25) is 4.79 Å². The molecule has 1 aromatic carbocycles. The molecule has 4 heteroatoms. The van der Waals surface area contributed by atoms with Crippen LogP contribution in [0, 0.1) is 0 Å². The summed E-state index contributed by atoms with van der Waals surface area (Å²) < 4.78 is 0. The van der Waals surface area contributed by atoms with Crippen molar-refractivity contribution in [2.45, 2.75) is 25.0 Å². The zero-order valence-corrected chi connectivity index (χ0v) is 11.9. The minimum Gasteiger partial charge on any atom is -0.391 e. The Labute approximate surface area is 122 Å². The van der Waals surface area contributed by atoms with Crippen LogP contribution in [0.15, 0.2) is 47.2 Å². The fourth-order valence-corrected chi connectivity index (χ4v) is 3.37. The van der Waals surface area contributed by atoms with Gasteiger partial charge in [0.05, 0.1) is 17.7 Å². The maximum absolute atomic E-state index is 12.5. The van der Waals surface area contributed by atoms with E-state index in [1.807, 2.05) is 52.1 Å². The van der Waals surface area contributed by atoms with Gasteiger partial charge in [0.1, 0.15) is 0 Å². The first-order valence-corrected chi connectivity index (χ1v) is 7.75. The molecule has 2 heterocycles. The Morgan fingerprint density at radius 2 is 2.10 bits per heavy atom. The summed E-state index contributed by atoms with van der Waals surface area (Å²) in [5, 5.41) is 14.0. The fraction of sp³-hybridized carbons (Fsp3) is 0.312. The van der Waals surface area contributed by atoms with E-state index in [1.54, 1.807) is 0 Å². The van der Waals surface area contributed by atoms with Crippen molar-refractivity contribution in [3.63, 3.8) is 0 Å². The lowest BCUT2D eigenvalue weighted by atomic mass is 10.0. The molecular weight excluding hydrogens is 270 g/mol. The average molecular weight is 287 g/mol. The number of aliphatic hydroxyl groups is 1. The van der Waals surface area contributed by atoms with Crippen LogP contribution in [-0.2, 0) is 6.42 Å². The van der Waals surface area contributed by atoms with Crippen LogP contribution in [0.4, 0.5) is 0 Å². The summed E-state index contributed by atoms with van der Waals surface area (Å²) in [5.74, 6) is 0.0312. The van der Waals surface area contributed by atoms with Crippen LogP contribution in [0.1, 0.15) is 22.3 Å². The van der Waals surface area contributed by atoms with Crippen LogP contribution in [0.3, 0.4) is 0 Å². The van der Waals surface area contributed by atoms with Crippen LogP contribution >= 0.6 is 11.3 Å². The van der Waals surface area contributed by atoms with Crippen LogP contribution in [0.2, 0.25) is 0 Å². The number of aliphatic hydroxyl groups excluding tert-OH is 1. The van der Waals surface area contributed by atoms with Crippen LogP contribution in [0.25, 0.3) is 0 Å². The molecule has 0 bridgehead atoms. The smallest absolute Gasteiger partial charge is 0.255 e. The third-order valence-electron chi connectivity index (χ3n) is 3.83. The zero-order chi connectivity index (χ0) is 13.9. The van der Waals surface area contributed by atoms with E-state index in [1.165, 1.54) is 11.3 Å². The Kier molecular flexibility index (Phi) is 3.85. The predicted octanol–water partition coefficient (Wildman–Crippen LogP) is 2.57. The number of likely N-dealkylation sites (tertiary alicyclic amines) is 1. The van der Waals surface area contributed by atoms with Crippen LogP contribution < -0.4 is 0 Å². The maximum atomic E-state index is 12.5. The minimum atomic E-state index is -0.433. The quantitative estimate of drug-likeness (QED) is 0.942. The van der Waals surface area contributed by atoms with Gasteiger partial charge in [-0.25, -0.2) is 0 Å². The molecule has 20 heavy (non-hydrogen) atoms. The van der Waals surface area contributed by atoms with Gasteiger partial charge in [0.25, 0.3) is 5.91 Å². The lowest BCUT2D eigenvalue weighted by Crippen LogP contribution is -2.41. The molecule has 1 fully saturated rings. The van der Waals surface area contributed by atoms with Gasteiger partial charge in [0.2, 0.25) is 0 Å². The SMILES string of the molecule is O=C(c1ccsc1)N1CC[C@H](O)[C@@H]1Cc1ccccc1. The van der Waals surface area contributed by atoms with Crippen molar-refractivity contribution in [2.75, 3.05) is 6.54 Å². The van der Waals surface area contributed by atoms with E-state index in [9.17, 15) is 9.90 Å². The molecule has 0 radical (unpaired) electrons. The number of hydrogen-bond acceptors (Lipinski definition) is 3.